The molecule has 250 valence electrons. The van der Waals surface area contributed by atoms with Crippen LogP contribution in [0, 0.1) is 11.8 Å². The lowest BCUT2D eigenvalue weighted by molar-refractivity contribution is -0.155. The number of benzene rings is 2. The van der Waals surface area contributed by atoms with Gasteiger partial charge in [0.15, 0.2) is 5.96 Å². The van der Waals surface area contributed by atoms with Crippen LogP contribution in [-0.4, -0.2) is 65.1 Å². The number of nitrogens with zero attached hydrogens (tertiary/aromatic N) is 2. The van der Waals surface area contributed by atoms with Crippen LogP contribution in [0.25, 0.3) is 0 Å². The average Bonchev–Trinajstić information content (AvgIpc) is 3.00. The second-order valence-electron chi connectivity index (χ2n) is 12.0. The highest BCUT2D eigenvalue weighted by Gasteiger charge is 2.41. The first-order chi connectivity index (χ1) is 21.7. The molecule has 2 aromatic rings. The lowest BCUT2D eigenvalue weighted by atomic mass is 9.96. The van der Waals surface area contributed by atoms with E-state index in [1.54, 1.807) is 68.4 Å². The van der Waals surface area contributed by atoms with Crippen LogP contribution in [0.5, 0.6) is 0 Å². The van der Waals surface area contributed by atoms with Gasteiger partial charge in [-0.15, -0.1) is 0 Å². The van der Waals surface area contributed by atoms with E-state index in [1.165, 1.54) is 0 Å². The number of guanidine groups is 1. The SMILES string of the molecule is CC(C)C[C@H](NC(=O)[C@H](CCCN=C(N)N)NC(=O)Cc1ccccc1)C(=O)N(C(=O)[C@@H](N)C(C)C)[C@H](C(N)=O)c1ccccc1. The molecule has 4 atom stereocenters. The number of imide groups is 1. The summed E-state index contributed by atoms with van der Waals surface area (Å²) in [6.07, 6.45) is 0.639. The Morgan fingerprint density at radius 1 is 0.804 bits per heavy atom. The second kappa shape index (κ2) is 18.3. The molecule has 0 unspecified atom stereocenters. The first-order valence-corrected chi connectivity index (χ1v) is 15.4. The van der Waals surface area contributed by atoms with Crippen molar-refractivity contribution in [3.63, 3.8) is 0 Å². The van der Waals surface area contributed by atoms with Crippen LogP contribution in [0.2, 0.25) is 0 Å². The molecule has 0 aliphatic rings. The summed E-state index contributed by atoms with van der Waals surface area (Å²) in [6, 6.07) is 12.3. The van der Waals surface area contributed by atoms with Crippen molar-refractivity contribution in [2.24, 2.45) is 39.8 Å². The van der Waals surface area contributed by atoms with E-state index < -0.39 is 53.7 Å². The molecular weight excluding hydrogens is 588 g/mol. The molecule has 2 aromatic carbocycles. The van der Waals surface area contributed by atoms with Crippen molar-refractivity contribution in [1.82, 2.24) is 15.5 Å². The number of amides is 5. The molecule has 2 rings (SSSR count). The zero-order chi connectivity index (χ0) is 34.4. The first kappa shape index (κ1) is 37.4. The van der Waals surface area contributed by atoms with Gasteiger partial charge < -0.3 is 33.6 Å². The highest BCUT2D eigenvalue weighted by atomic mass is 16.2. The van der Waals surface area contributed by atoms with Gasteiger partial charge in [-0.25, -0.2) is 0 Å². The van der Waals surface area contributed by atoms with Crippen molar-refractivity contribution in [1.29, 1.82) is 0 Å². The molecule has 0 spiro atoms. The largest absolute Gasteiger partial charge is 0.370 e. The normalized spacial score (nSPS) is 13.6. The van der Waals surface area contributed by atoms with Crippen LogP contribution in [0.1, 0.15) is 64.1 Å². The molecule has 0 aliphatic carbocycles. The van der Waals surface area contributed by atoms with Crippen molar-refractivity contribution < 1.29 is 24.0 Å². The minimum Gasteiger partial charge on any atom is -0.370 e. The van der Waals surface area contributed by atoms with Gasteiger partial charge in [-0.2, -0.15) is 0 Å². The van der Waals surface area contributed by atoms with Crippen LogP contribution in [0.3, 0.4) is 0 Å². The van der Waals surface area contributed by atoms with Gasteiger partial charge in [-0.1, -0.05) is 88.4 Å². The number of hydrogen-bond acceptors (Lipinski definition) is 7. The summed E-state index contributed by atoms with van der Waals surface area (Å²) in [5.74, 6) is -4.25. The maximum absolute atomic E-state index is 14.3. The zero-order valence-electron chi connectivity index (χ0n) is 27.0. The third kappa shape index (κ3) is 11.6. The van der Waals surface area contributed by atoms with Gasteiger partial charge in [0.2, 0.25) is 23.6 Å². The Balaban J connectivity index is 2.46. The monoisotopic (exact) mass is 636 g/mol. The number of carbonyl (C=O) groups excluding carboxylic acids is 5. The van der Waals surface area contributed by atoms with E-state index in [0.717, 1.165) is 10.5 Å². The number of nitrogens with one attached hydrogen (secondary N) is 2. The Labute approximate surface area is 270 Å². The maximum atomic E-state index is 14.3. The molecule has 0 aromatic heterocycles. The van der Waals surface area contributed by atoms with Gasteiger partial charge >= 0.3 is 0 Å². The molecule has 0 saturated heterocycles. The quantitative estimate of drug-likeness (QED) is 0.0827. The number of aliphatic imine (C=N–C) groups is 1. The third-order valence-electron chi connectivity index (χ3n) is 7.25. The molecule has 13 nitrogen and oxygen atoms in total. The van der Waals surface area contributed by atoms with E-state index >= 15 is 0 Å². The molecule has 0 bridgehead atoms. The number of rotatable bonds is 17. The molecular formula is C33H48N8O5. The summed E-state index contributed by atoms with van der Waals surface area (Å²) < 4.78 is 0. The molecule has 0 fully saturated rings. The van der Waals surface area contributed by atoms with E-state index in [-0.39, 0.29) is 43.6 Å². The van der Waals surface area contributed by atoms with Gasteiger partial charge in [0.25, 0.3) is 5.91 Å². The molecule has 0 saturated carbocycles. The van der Waals surface area contributed by atoms with Crippen molar-refractivity contribution in [3.05, 3.63) is 71.8 Å². The lowest BCUT2D eigenvalue weighted by Crippen LogP contribution is -2.60. The number of nitrogens with two attached hydrogens (primary N) is 4. The zero-order valence-corrected chi connectivity index (χ0v) is 27.0. The number of primary amides is 1. The molecule has 5 amide bonds. The van der Waals surface area contributed by atoms with E-state index in [9.17, 15) is 24.0 Å². The van der Waals surface area contributed by atoms with E-state index in [4.69, 9.17) is 22.9 Å². The highest BCUT2D eigenvalue weighted by Crippen LogP contribution is 2.25. The van der Waals surface area contributed by atoms with Gasteiger partial charge in [-0.05, 0) is 42.2 Å². The van der Waals surface area contributed by atoms with Crippen molar-refractivity contribution in [2.75, 3.05) is 6.54 Å². The molecule has 0 radical (unpaired) electrons. The minimum absolute atomic E-state index is 0.0274. The Bertz CT molecular complexity index is 1350. The number of hydrogen-bond donors (Lipinski definition) is 6. The van der Waals surface area contributed by atoms with Gasteiger partial charge in [-0.3, -0.25) is 33.9 Å². The van der Waals surface area contributed by atoms with Crippen molar-refractivity contribution >= 4 is 35.5 Å². The fraction of sp³-hybridized carbons (Fsp3) is 0.455. The Hall–Kier alpha value is -4.78. The molecule has 0 aliphatic heterocycles. The summed E-state index contributed by atoms with van der Waals surface area (Å²) in [5.41, 5.74) is 23.9. The Morgan fingerprint density at radius 2 is 1.39 bits per heavy atom. The smallest absolute Gasteiger partial charge is 0.252 e. The molecule has 46 heavy (non-hydrogen) atoms. The van der Waals surface area contributed by atoms with Crippen LogP contribution in [0.15, 0.2) is 65.7 Å². The fourth-order valence-electron chi connectivity index (χ4n) is 4.82. The van der Waals surface area contributed by atoms with E-state index in [1.807, 2.05) is 19.9 Å². The summed E-state index contributed by atoms with van der Waals surface area (Å²) in [5, 5.41) is 5.50. The lowest BCUT2D eigenvalue weighted by Gasteiger charge is -2.35. The van der Waals surface area contributed by atoms with E-state index in [0.29, 0.717) is 12.0 Å². The predicted octanol–water partition coefficient (Wildman–Crippen LogP) is 0.864. The molecule has 0 heterocycles. The predicted molar refractivity (Wildman–Crippen MR) is 176 cm³/mol. The van der Waals surface area contributed by atoms with Gasteiger partial charge in [0.1, 0.15) is 18.1 Å². The third-order valence-corrected chi connectivity index (χ3v) is 7.25. The first-order valence-electron chi connectivity index (χ1n) is 15.4. The topological polar surface area (TPSA) is 229 Å². The molecule has 13 heteroatoms. The van der Waals surface area contributed by atoms with Crippen LogP contribution in [0.4, 0.5) is 0 Å². The fourth-order valence-corrected chi connectivity index (χ4v) is 4.82. The number of carbonyl (C=O) groups is 5. The van der Waals surface area contributed by atoms with Gasteiger partial charge in [0.05, 0.1) is 12.5 Å². The highest BCUT2D eigenvalue weighted by molar-refractivity contribution is 6.05. The molecule has 10 N–H and O–H groups in total. The van der Waals surface area contributed by atoms with Crippen LogP contribution < -0.4 is 33.6 Å². The Morgan fingerprint density at radius 3 is 1.91 bits per heavy atom. The van der Waals surface area contributed by atoms with Crippen molar-refractivity contribution in [2.45, 2.75) is 77.5 Å². The summed E-state index contributed by atoms with van der Waals surface area (Å²) in [7, 11) is 0. The summed E-state index contributed by atoms with van der Waals surface area (Å²) >= 11 is 0. The van der Waals surface area contributed by atoms with Crippen LogP contribution in [-0.2, 0) is 30.4 Å². The van der Waals surface area contributed by atoms with E-state index in [2.05, 4.69) is 15.6 Å². The standard InChI is InChI=1S/C33H48N8O5/c1-20(2)18-25(31(45)41(32(46)27(34)21(3)4)28(29(35)43)23-14-9-6-10-15-23)40-30(44)24(16-11-17-38-33(36)37)39-26(42)19-22-12-7-5-8-13-22/h5-10,12-15,20-21,24-25,27-28H,11,16-19,34H2,1-4H3,(H2,35,43)(H,39,42)(H,40,44)(H4,36,37,38)/t24-,25-,27-,28-/m0/s1. The van der Waals surface area contributed by atoms with Crippen molar-refractivity contribution in [3.8, 4) is 0 Å². The summed E-state index contributed by atoms with van der Waals surface area (Å²) in [4.78, 5) is 72.4. The minimum atomic E-state index is -1.47. The summed E-state index contributed by atoms with van der Waals surface area (Å²) in [6.45, 7) is 7.32. The van der Waals surface area contributed by atoms with Gasteiger partial charge in [0, 0.05) is 6.54 Å². The maximum Gasteiger partial charge on any atom is 0.252 e. The Kier molecular flexibility index (Phi) is 14.8. The second-order valence-corrected chi connectivity index (χ2v) is 12.0. The average molecular weight is 637 g/mol. The van der Waals surface area contributed by atoms with Crippen LogP contribution >= 0.6 is 0 Å².